The van der Waals surface area contributed by atoms with Crippen LogP contribution in [-0.4, -0.2) is 64.4 Å². The van der Waals surface area contributed by atoms with E-state index in [0.717, 1.165) is 26.2 Å². The summed E-state index contributed by atoms with van der Waals surface area (Å²) in [5, 5.41) is 10.1. The second-order valence-electron chi connectivity index (χ2n) is 4.03. The van der Waals surface area contributed by atoms with Gasteiger partial charge in [-0.15, -0.1) is 0 Å². The van der Waals surface area contributed by atoms with Gasteiger partial charge in [-0.05, 0) is 26.9 Å². The third-order valence-electron chi connectivity index (χ3n) is 3.41. The summed E-state index contributed by atoms with van der Waals surface area (Å²) in [6, 6.07) is -0.314. The van der Waals surface area contributed by atoms with Crippen molar-refractivity contribution in [3.8, 4) is 0 Å². The van der Waals surface area contributed by atoms with Gasteiger partial charge in [0.05, 0.1) is 0 Å². The zero-order chi connectivity index (χ0) is 12.3. The Morgan fingerprint density at radius 2 is 1.69 bits per heavy atom. The minimum Gasteiger partial charge on any atom is -0.380 e. The number of hydrogen-bond donors (Lipinski definition) is 1. The van der Waals surface area contributed by atoms with Gasteiger partial charge in [0.1, 0.15) is 19.1 Å². The predicted octanol–water partition coefficient (Wildman–Crippen LogP) is 0.134. The van der Waals surface area contributed by atoms with Gasteiger partial charge in [-0.1, -0.05) is 13.8 Å². The lowest BCUT2D eigenvalue weighted by Crippen LogP contribution is -2.67. The fourth-order valence-corrected chi connectivity index (χ4v) is 2.38. The summed E-state index contributed by atoms with van der Waals surface area (Å²) in [6.07, 6.45) is -0.604. The molecular formula is C12H23N2O2+. The number of carbonyl (C=O) groups excluding carboxylic acids is 1. The van der Waals surface area contributed by atoms with Crippen molar-refractivity contribution in [3.63, 3.8) is 0 Å². The van der Waals surface area contributed by atoms with E-state index < -0.39 is 6.10 Å². The minimum absolute atomic E-state index is 0.0971. The van der Waals surface area contributed by atoms with Crippen LogP contribution in [0.25, 0.3) is 0 Å². The van der Waals surface area contributed by atoms with Gasteiger partial charge < -0.3 is 5.11 Å². The number of carbonyl (C=O) groups is 1. The molecule has 0 aromatic rings. The molecule has 0 saturated heterocycles. The average molecular weight is 227 g/mol. The number of rotatable bonds is 5. The molecule has 2 atom stereocenters. The molecule has 0 aliphatic heterocycles. The Kier molecular flexibility index (Phi) is 4.62. The first-order chi connectivity index (χ1) is 7.62. The van der Waals surface area contributed by atoms with Gasteiger partial charge in [-0.3, -0.25) is 9.69 Å². The lowest BCUT2D eigenvalue weighted by Gasteiger charge is -2.38. The molecule has 0 bridgehead atoms. The highest BCUT2D eigenvalue weighted by atomic mass is 16.3. The summed E-state index contributed by atoms with van der Waals surface area (Å²) in [6.45, 7) is 11.2. The topological polar surface area (TPSA) is 43.5 Å². The fourth-order valence-electron chi connectivity index (χ4n) is 2.38. The van der Waals surface area contributed by atoms with E-state index >= 15 is 0 Å². The molecule has 1 fully saturated rings. The largest absolute Gasteiger partial charge is 0.380 e. The lowest BCUT2D eigenvalue weighted by molar-refractivity contribution is -0.524. The summed E-state index contributed by atoms with van der Waals surface area (Å²) >= 11 is 0. The molecule has 0 amide bonds. The third-order valence-corrected chi connectivity index (χ3v) is 3.41. The standard InChI is InChI=1S/C12H23N2O2/c1-5-13(6-2)9-11(15)10(12(9)16)14(7-3)8-4/h9,11,15H,5-8H2,1-4H3/q+1. The Morgan fingerprint density at radius 3 is 2.00 bits per heavy atom. The molecule has 1 N–H and O–H groups in total. The molecule has 2 unspecified atom stereocenters. The van der Waals surface area contributed by atoms with E-state index in [1.807, 2.05) is 37.2 Å². The van der Waals surface area contributed by atoms with E-state index in [9.17, 15) is 9.90 Å². The SMILES string of the molecule is CCN(CC)C1C(=O)C(=[N+](CC)CC)C1O. The van der Waals surface area contributed by atoms with Gasteiger partial charge in [0, 0.05) is 0 Å². The Labute approximate surface area is 97.6 Å². The molecule has 1 rings (SSSR count). The molecule has 1 aliphatic rings. The number of Topliss-reactive ketones (excluding diaryl/α,β-unsaturated/α-hetero) is 1. The highest BCUT2D eigenvalue weighted by Crippen LogP contribution is 2.20. The Bertz CT molecular complexity index is 289. The van der Waals surface area contributed by atoms with Gasteiger partial charge in [0.15, 0.2) is 6.10 Å². The second kappa shape index (κ2) is 5.55. The highest BCUT2D eigenvalue weighted by molar-refractivity contribution is 6.49. The van der Waals surface area contributed by atoms with Crippen molar-refractivity contribution in [1.29, 1.82) is 0 Å². The second-order valence-corrected chi connectivity index (χ2v) is 4.03. The van der Waals surface area contributed by atoms with Crippen molar-refractivity contribution >= 4 is 11.5 Å². The van der Waals surface area contributed by atoms with Crippen molar-refractivity contribution < 1.29 is 14.5 Å². The number of likely N-dealkylation sites (N-methyl/N-ethyl adjacent to an activating group) is 1. The Balaban J connectivity index is 2.87. The fraction of sp³-hybridized carbons (Fsp3) is 0.833. The zero-order valence-corrected chi connectivity index (χ0v) is 10.7. The van der Waals surface area contributed by atoms with Gasteiger partial charge in [0.2, 0.25) is 5.78 Å². The lowest BCUT2D eigenvalue weighted by atomic mass is 9.82. The minimum atomic E-state index is -0.604. The first-order valence-corrected chi connectivity index (χ1v) is 6.20. The van der Waals surface area contributed by atoms with E-state index in [-0.39, 0.29) is 11.8 Å². The molecular weight excluding hydrogens is 204 g/mol. The van der Waals surface area contributed by atoms with Crippen molar-refractivity contribution in [2.45, 2.75) is 39.8 Å². The van der Waals surface area contributed by atoms with Crippen molar-refractivity contribution in [2.75, 3.05) is 26.2 Å². The first-order valence-electron chi connectivity index (χ1n) is 6.20. The highest BCUT2D eigenvalue weighted by Gasteiger charge is 2.54. The van der Waals surface area contributed by atoms with E-state index in [0.29, 0.717) is 5.71 Å². The van der Waals surface area contributed by atoms with Crippen LogP contribution < -0.4 is 0 Å². The van der Waals surface area contributed by atoms with Crippen molar-refractivity contribution in [2.24, 2.45) is 0 Å². The van der Waals surface area contributed by atoms with Crippen LogP contribution in [0.3, 0.4) is 0 Å². The van der Waals surface area contributed by atoms with Crippen LogP contribution in [0.1, 0.15) is 27.7 Å². The molecule has 1 saturated carbocycles. The van der Waals surface area contributed by atoms with Crippen molar-refractivity contribution in [1.82, 2.24) is 4.90 Å². The summed E-state index contributed by atoms with van der Waals surface area (Å²) in [4.78, 5) is 14.0. The summed E-state index contributed by atoms with van der Waals surface area (Å²) in [5.74, 6) is 0.0971. The van der Waals surface area contributed by atoms with Crippen molar-refractivity contribution in [3.05, 3.63) is 0 Å². The van der Waals surface area contributed by atoms with Crippen LogP contribution in [-0.2, 0) is 4.79 Å². The molecule has 16 heavy (non-hydrogen) atoms. The molecule has 1 aliphatic carbocycles. The quantitative estimate of drug-likeness (QED) is 0.679. The molecule has 0 aromatic carbocycles. The Hall–Kier alpha value is -0.740. The zero-order valence-electron chi connectivity index (χ0n) is 10.7. The van der Waals surface area contributed by atoms with E-state index in [2.05, 4.69) is 0 Å². The molecule has 0 radical (unpaired) electrons. The molecule has 4 heteroatoms. The number of aliphatic hydroxyl groups is 1. The number of aliphatic hydroxyl groups excluding tert-OH is 1. The number of hydrogen-bond acceptors (Lipinski definition) is 3. The van der Waals surface area contributed by atoms with Crippen LogP contribution in [0.15, 0.2) is 0 Å². The van der Waals surface area contributed by atoms with E-state index in [4.69, 9.17) is 0 Å². The summed E-state index contributed by atoms with van der Waals surface area (Å²) in [5.41, 5.74) is 0.599. The van der Waals surface area contributed by atoms with Gasteiger partial charge in [-0.25, -0.2) is 4.58 Å². The van der Waals surface area contributed by atoms with Crippen LogP contribution in [0.4, 0.5) is 0 Å². The molecule has 0 spiro atoms. The maximum atomic E-state index is 12.0. The average Bonchev–Trinajstić information content (AvgIpc) is 2.32. The third kappa shape index (κ3) is 2.04. The van der Waals surface area contributed by atoms with Crippen LogP contribution in [0, 0.1) is 0 Å². The maximum absolute atomic E-state index is 12.0. The van der Waals surface area contributed by atoms with Gasteiger partial charge in [-0.2, -0.15) is 0 Å². The summed E-state index contributed by atoms with van der Waals surface area (Å²) < 4.78 is 1.95. The maximum Gasteiger partial charge on any atom is 0.252 e. The summed E-state index contributed by atoms with van der Waals surface area (Å²) in [7, 11) is 0. The molecule has 4 nitrogen and oxygen atoms in total. The van der Waals surface area contributed by atoms with Gasteiger partial charge >= 0.3 is 0 Å². The smallest absolute Gasteiger partial charge is 0.252 e. The van der Waals surface area contributed by atoms with Crippen LogP contribution in [0.2, 0.25) is 0 Å². The van der Waals surface area contributed by atoms with Gasteiger partial charge in [0.25, 0.3) is 5.71 Å². The van der Waals surface area contributed by atoms with E-state index in [1.165, 1.54) is 0 Å². The normalized spacial score (nSPS) is 24.9. The molecule has 0 heterocycles. The predicted molar refractivity (Wildman–Crippen MR) is 64.1 cm³/mol. The molecule has 92 valence electrons. The number of nitrogens with zero attached hydrogens (tertiary/aromatic N) is 2. The van der Waals surface area contributed by atoms with Crippen LogP contribution >= 0.6 is 0 Å². The van der Waals surface area contributed by atoms with E-state index in [1.54, 1.807) is 0 Å². The number of ketones is 1. The monoisotopic (exact) mass is 227 g/mol. The van der Waals surface area contributed by atoms with Crippen LogP contribution in [0.5, 0.6) is 0 Å². The Morgan fingerprint density at radius 1 is 1.19 bits per heavy atom. The molecule has 0 aromatic heterocycles. The first kappa shape index (κ1) is 13.3.